The summed E-state index contributed by atoms with van der Waals surface area (Å²) in [5, 5.41) is 0. The summed E-state index contributed by atoms with van der Waals surface area (Å²) in [5.41, 5.74) is 1.30. The molecule has 9 nitrogen and oxygen atoms in total. The van der Waals surface area contributed by atoms with E-state index in [0.29, 0.717) is 24.0 Å². The van der Waals surface area contributed by atoms with Gasteiger partial charge in [-0.25, -0.2) is 18.0 Å². The summed E-state index contributed by atoms with van der Waals surface area (Å²) < 4.78 is 42.2. The second-order valence-corrected chi connectivity index (χ2v) is 9.66. The highest BCUT2D eigenvalue weighted by atomic mass is 32.2. The maximum absolute atomic E-state index is 12.9. The molecular formula is C24H27NO8S. The van der Waals surface area contributed by atoms with E-state index in [1.807, 2.05) is 0 Å². The lowest BCUT2D eigenvalue weighted by molar-refractivity contribution is -0.151. The number of rotatable bonds is 8. The number of nitrogens with zero attached hydrogens (tertiary/aromatic N) is 1. The summed E-state index contributed by atoms with van der Waals surface area (Å²) in [5.74, 6) is -1.80. The Kier molecular flexibility index (Phi) is 8.41. The molecule has 1 aliphatic heterocycles. The van der Waals surface area contributed by atoms with Crippen LogP contribution in [-0.2, 0) is 35.6 Å². The van der Waals surface area contributed by atoms with Gasteiger partial charge in [-0.15, -0.1) is 0 Å². The lowest BCUT2D eigenvalue weighted by atomic mass is 9.98. The normalized spacial score (nSPS) is 14.9. The summed E-state index contributed by atoms with van der Waals surface area (Å²) in [4.78, 5) is 36.0. The number of sulfonamides is 1. The van der Waals surface area contributed by atoms with Crippen LogP contribution in [-0.4, -0.2) is 57.4 Å². The van der Waals surface area contributed by atoms with E-state index in [0.717, 1.165) is 0 Å². The Balaban J connectivity index is 1.54. The maximum Gasteiger partial charge on any atom is 0.338 e. The van der Waals surface area contributed by atoms with E-state index < -0.39 is 33.8 Å². The molecule has 1 aliphatic rings. The smallest absolute Gasteiger partial charge is 0.338 e. The van der Waals surface area contributed by atoms with Gasteiger partial charge in [0.25, 0.3) is 0 Å². The Hall–Kier alpha value is -3.24. The molecule has 0 unspecified atom stereocenters. The maximum atomic E-state index is 12.9. The van der Waals surface area contributed by atoms with Crippen molar-refractivity contribution in [2.24, 2.45) is 5.92 Å². The van der Waals surface area contributed by atoms with Gasteiger partial charge in [-0.05, 0) is 61.7 Å². The van der Waals surface area contributed by atoms with Crippen molar-refractivity contribution in [2.45, 2.75) is 31.3 Å². The summed E-state index contributed by atoms with van der Waals surface area (Å²) in [6, 6.07) is 12.2. The number of esters is 3. The third-order valence-corrected chi connectivity index (χ3v) is 7.43. The molecule has 0 amide bonds. The number of hydrogen-bond donors (Lipinski definition) is 0. The Morgan fingerprint density at radius 2 is 1.62 bits per heavy atom. The van der Waals surface area contributed by atoms with Crippen LogP contribution in [0.4, 0.5) is 0 Å². The molecule has 182 valence electrons. The molecule has 0 aromatic heterocycles. The van der Waals surface area contributed by atoms with E-state index in [2.05, 4.69) is 4.74 Å². The minimum atomic E-state index is -3.75. The molecule has 2 aromatic carbocycles. The van der Waals surface area contributed by atoms with E-state index in [1.54, 1.807) is 31.2 Å². The molecule has 3 rings (SSSR count). The molecular weight excluding hydrogens is 462 g/mol. The highest BCUT2D eigenvalue weighted by Crippen LogP contribution is 2.25. The molecule has 1 heterocycles. The molecule has 0 radical (unpaired) electrons. The van der Waals surface area contributed by atoms with Gasteiger partial charge in [0.2, 0.25) is 10.0 Å². The highest BCUT2D eigenvalue weighted by molar-refractivity contribution is 7.89. The van der Waals surface area contributed by atoms with Crippen LogP contribution < -0.4 is 0 Å². The molecule has 0 bridgehead atoms. The third kappa shape index (κ3) is 6.00. The summed E-state index contributed by atoms with van der Waals surface area (Å²) in [6.07, 6.45) is 0.669. The number of methoxy groups -OCH3 is 1. The Bertz CT molecular complexity index is 1140. The molecule has 0 N–H and O–H groups in total. The molecule has 10 heteroatoms. The van der Waals surface area contributed by atoms with E-state index in [-0.39, 0.29) is 36.8 Å². The third-order valence-electron chi connectivity index (χ3n) is 5.52. The number of hydrogen-bond acceptors (Lipinski definition) is 8. The second kappa shape index (κ2) is 11.3. The van der Waals surface area contributed by atoms with Gasteiger partial charge in [0.1, 0.15) is 6.61 Å². The van der Waals surface area contributed by atoms with Gasteiger partial charge in [-0.2, -0.15) is 4.31 Å². The van der Waals surface area contributed by atoms with Crippen LogP contribution in [0.15, 0.2) is 53.4 Å². The van der Waals surface area contributed by atoms with Crippen molar-refractivity contribution in [3.8, 4) is 0 Å². The Morgan fingerprint density at radius 3 is 2.24 bits per heavy atom. The number of carbonyl (C=O) groups is 3. The lowest BCUT2D eigenvalue weighted by Gasteiger charge is -2.30. The quantitative estimate of drug-likeness (QED) is 0.411. The largest absolute Gasteiger partial charge is 0.465 e. The lowest BCUT2D eigenvalue weighted by Crippen LogP contribution is -2.40. The molecule has 1 saturated heterocycles. The molecule has 1 fully saturated rings. The number of piperidine rings is 1. The van der Waals surface area contributed by atoms with Crippen LogP contribution >= 0.6 is 0 Å². The van der Waals surface area contributed by atoms with Crippen molar-refractivity contribution in [3.05, 3.63) is 65.2 Å². The van der Waals surface area contributed by atoms with Crippen molar-refractivity contribution in [3.63, 3.8) is 0 Å². The van der Waals surface area contributed by atoms with Crippen LogP contribution in [0.1, 0.15) is 46.0 Å². The van der Waals surface area contributed by atoms with Gasteiger partial charge < -0.3 is 14.2 Å². The van der Waals surface area contributed by atoms with Gasteiger partial charge in [0, 0.05) is 13.1 Å². The highest BCUT2D eigenvalue weighted by Gasteiger charge is 2.33. The fraction of sp³-hybridized carbons (Fsp3) is 0.375. The molecule has 0 saturated carbocycles. The zero-order valence-electron chi connectivity index (χ0n) is 19.1. The average Bonchev–Trinajstić information content (AvgIpc) is 2.87. The van der Waals surface area contributed by atoms with Gasteiger partial charge in [-0.1, -0.05) is 12.1 Å². The summed E-state index contributed by atoms with van der Waals surface area (Å²) >= 11 is 0. The van der Waals surface area contributed by atoms with Gasteiger partial charge in [0.05, 0.1) is 35.7 Å². The van der Waals surface area contributed by atoms with Crippen LogP contribution in [0, 0.1) is 5.92 Å². The van der Waals surface area contributed by atoms with E-state index in [9.17, 15) is 22.8 Å². The van der Waals surface area contributed by atoms with Gasteiger partial charge >= 0.3 is 17.9 Å². The van der Waals surface area contributed by atoms with E-state index in [4.69, 9.17) is 9.47 Å². The first-order valence-electron chi connectivity index (χ1n) is 10.9. The molecule has 34 heavy (non-hydrogen) atoms. The fourth-order valence-corrected chi connectivity index (χ4v) is 5.11. The Labute approximate surface area is 198 Å². The van der Waals surface area contributed by atoms with Gasteiger partial charge in [-0.3, -0.25) is 4.79 Å². The molecule has 0 spiro atoms. The predicted molar refractivity (Wildman–Crippen MR) is 121 cm³/mol. The minimum absolute atomic E-state index is 0.00892. The summed E-state index contributed by atoms with van der Waals surface area (Å²) in [6.45, 7) is 2.29. The predicted octanol–water partition coefficient (Wildman–Crippen LogP) is 2.79. The molecule has 0 aliphatic carbocycles. The first kappa shape index (κ1) is 25.4. The van der Waals surface area contributed by atoms with Crippen LogP contribution in [0.3, 0.4) is 0 Å². The Morgan fingerprint density at radius 1 is 0.941 bits per heavy atom. The zero-order chi connectivity index (χ0) is 24.7. The SMILES string of the molecule is CCOC(=O)c1ccc(S(=O)(=O)N2CCC(C(=O)OCc3cccc(C(=O)OC)c3)CC2)cc1. The monoisotopic (exact) mass is 489 g/mol. The zero-order valence-corrected chi connectivity index (χ0v) is 19.9. The minimum Gasteiger partial charge on any atom is -0.465 e. The van der Waals surface area contributed by atoms with Gasteiger partial charge in [0.15, 0.2) is 0 Å². The first-order valence-corrected chi connectivity index (χ1v) is 12.3. The standard InChI is InChI=1S/C24H27NO8S/c1-3-32-23(27)18-7-9-21(10-8-18)34(29,30)25-13-11-19(12-14-25)24(28)33-16-17-5-4-6-20(15-17)22(26)31-2/h4-10,15,19H,3,11-14,16H2,1-2H3. The average molecular weight is 490 g/mol. The topological polar surface area (TPSA) is 116 Å². The molecule has 0 atom stereocenters. The number of ether oxygens (including phenoxy) is 3. The molecule has 2 aromatic rings. The number of benzene rings is 2. The van der Waals surface area contributed by atoms with Crippen molar-refractivity contribution in [1.29, 1.82) is 0 Å². The van der Waals surface area contributed by atoms with Crippen molar-refractivity contribution in [1.82, 2.24) is 4.31 Å². The van der Waals surface area contributed by atoms with Crippen molar-refractivity contribution < 1.29 is 37.0 Å². The van der Waals surface area contributed by atoms with E-state index >= 15 is 0 Å². The van der Waals surface area contributed by atoms with Crippen LogP contribution in [0.5, 0.6) is 0 Å². The summed E-state index contributed by atoms with van der Waals surface area (Å²) in [7, 11) is -2.46. The second-order valence-electron chi connectivity index (χ2n) is 7.72. The van der Waals surface area contributed by atoms with Crippen LogP contribution in [0.25, 0.3) is 0 Å². The van der Waals surface area contributed by atoms with Crippen molar-refractivity contribution in [2.75, 3.05) is 26.8 Å². The van der Waals surface area contributed by atoms with Crippen LogP contribution in [0.2, 0.25) is 0 Å². The number of carbonyl (C=O) groups excluding carboxylic acids is 3. The first-order chi connectivity index (χ1) is 16.3. The van der Waals surface area contributed by atoms with Crippen molar-refractivity contribution >= 4 is 27.9 Å². The van der Waals surface area contributed by atoms with E-state index in [1.165, 1.54) is 35.7 Å². The fourth-order valence-electron chi connectivity index (χ4n) is 3.64.